The largest absolute Gasteiger partial charge is 0.356 e. The zero-order chi connectivity index (χ0) is 17.6. The Kier molecular flexibility index (Phi) is 3.82. The number of nitrogens with one attached hydrogen (secondary N) is 2. The molecule has 2 N–H and O–H groups in total. The van der Waals surface area contributed by atoms with Crippen molar-refractivity contribution in [2.24, 2.45) is 5.92 Å². The standard InChI is InChI=1S/C19H23N5O/c1-11(2)10-14-19(25)23-16-17(22-14)20-12(3)21-18(16)24-9-8-13-6-4-5-7-15(13)24/h4-7,11,14H,8-10H2,1-3H3,(H,23,25)(H,20,21,22). The summed E-state index contributed by atoms with van der Waals surface area (Å²) in [4.78, 5) is 23.9. The lowest BCUT2D eigenvalue weighted by Crippen LogP contribution is -2.41. The monoisotopic (exact) mass is 337 g/mol. The number of rotatable bonds is 3. The fourth-order valence-corrected chi connectivity index (χ4v) is 3.61. The van der Waals surface area contributed by atoms with E-state index in [1.54, 1.807) is 0 Å². The first-order valence-corrected chi connectivity index (χ1v) is 8.84. The minimum atomic E-state index is -0.250. The Bertz CT molecular complexity index is 833. The minimum Gasteiger partial charge on any atom is -0.356 e. The van der Waals surface area contributed by atoms with Gasteiger partial charge in [-0.05, 0) is 37.3 Å². The third kappa shape index (κ3) is 2.81. The summed E-state index contributed by atoms with van der Waals surface area (Å²) < 4.78 is 0. The molecule has 1 aromatic carbocycles. The van der Waals surface area contributed by atoms with Crippen LogP contribution in [0.2, 0.25) is 0 Å². The first-order chi connectivity index (χ1) is 12.0. The van der Waals surface area contributed by atoms with Gasteiger partial charge < -0.3 is 15.5 Å². The van der Waals surface area contributed by atoms with Crippen LogP contribution >= 0.6 is 0 Å². The third-order valence-electron chi connectivity index (χ3n) is 4.73. The molecule has 2 aromatic rings. The van der Waals surface area contributed by atoms with Crippen molar-refractivity contribution in [3.63, 3.8) is 0 Å². The fraction of sp³-hybridized carbons (Fsp3) is 0.421. The van der Waals surface area contributed by atoms with E-state index in [9.17, 15) is 4.79 Å². The van der Waals surface area contributed by atoms with Gasteiger partial charge in [0.2, 0.25) is 5.91 Å². The maximum absolute atomic E-state index is 12.5. The van der Waals surface area contributed by atoms with E-state index in [-0.39, 0.29) is 11.9 Å². The Labute approximate surface area is 147 Å². The summed E-state index contributed by atoms with van der Waals surface area (Å²) in [7, 11) is 0. The molecular weight excluding hydrogens is 314 g/mol. The van der Waals surface area contributed by atoms with E-state index in [0.717, 1.165) is 36.7 Å². The van der Waals surface area contributed by atoms with Crippen molar-refractivity contribution in [3.05, 3.63) is 35.7 Å². The molecule has 1 amide bonds. The van der Waals surface area contributed by atoms with Crippen LogP contribution in [0.4, 0.5) is 23.0 Å². The first kappa shape index (κ1) is 15.9. The smallest absolute Gasteiger partial charge is 0.247 e. The number of nitrogens with zero attached hydrogens (tertiary/aromatic N) is 3. The highest BCUT2D eigenvalue weighted by molar-refractivity contribution is 6.05. The van der Waals surface area contributed by atoms with Crippen molar-refractivity contribution in [1.82, 2.24) is 9.97 Å². The summed E-state index contributed by atoms with van der Waals surface area (Å²) in [5.41, 5.74) is 3.15. The van der Waals surface area contributed by atoms with Crippen LogP contribution < -0.4 is 15.5 Å². The maximum Gasteiger partial charge on any atom is 0.247 e. The van der Waals surface area contributed by atoms with Crippen LogP contribution in [0.5, 0.6) is 0 Å². The summed E-state index contributed by atoms with van der Waals surface area (Å²) in [6.07, 6.45) is 1.75. The second-order valence-corrected chi connectivity index (χ2v) is 7.16. The van der Waals surface area contributed by atoms with Crippen molar-refractivity contribution < 1.29 is 4.79 Å². The highest BCUT2D eigenvalue weighted by Gasteiger charge is 2.32. The van der Waals surface area contributed by atoms with Crippen LogP contribution in [0.15, 0.2) is 24.3 Å². The van der Waals surface area contributed by atoms with Gasteiger partial charge in [-0.15, -0.1) is 0 Å². The molecular formula is C19H23N5O. The predicted octanol–water partition coefficient (Wildman–Crippen LogP) is 3.26. The Hall–Kier alpha value is -2.63. The van der Waals surface area contributed by atoms with Gasteiger partial charge >= 0.3 is 0 Å². The molecule has 0 saturated heterocycles. The van der Waals surface area contributed by atoms with Crippen molar-refractivity contribution >= 4 is 28.9 Å². The summed E-state index contributed by atoms with van der Waals surface area (Å²) >= 11 is 0. The van der Waals surface area contributed by atoms with Crippen LogP contribution in [0.1, 0.15) is 31.7 Å². The molecule has 3 heterocycles. The van der Waals surface area contributed by atoms with E-state index in [4.69, 9.17) is 0 Å². The average Bonchev–Trinajstić information content (AvgIpc) is 2.99. The highest BCUT2D eigenvalue weighted by atomic mass is 16.2. The predicted molar refractivity (Wildman–Crippen MR) is 99.4 cm³/mol. The van der Waals surface area contributed by atoms with E-state index in [2.05, 4.69) is 57.5 Å². The van der Waals surface area contributed by atoms with E-state index in [1.807, 2.05) is 13.0 Å². The lowest BCUT2D eigenvalue weighted by molar-refractivity contribution is -0.117. The first-order valence-electron chi connectivity index (χ1n) is 8.84. The summed E-state index contributed by atoms with van der Waals surface area (Å²) in [5, 5.41) is 6.37. The van der Waals surface area contributed by atoms with Crippen LogP contribution in [-0.2, 0) is 11.2 Å². The van der Waals surface area contributed by atoms with Gasteiger partial charge in [0.05, 0.1) is 0 Å². The average molecular weight is 337 g/mol. The van der Waals surface area contributed by atoms with E-state index < -0.39 is 0 Å². The lowest BCUT2D eigenvalue weighted by Gasteiger charge is -2.30. The molecule has 0 bridgehead atoms. The Morgan fingerprint density at radius 2 is 2.08 bits per heavy atom. The molecule has 130 valence electrons. The third-order valence-corrected chi connectivity index (χ3v) is 4.73. The van der Waals surface area contributed by atoms with E-state index in [0.29, 0.717) is 17.4 Å². The summed E-state index contributed by atoms with van der Waals surface area (Å²) in [5.74, 6) is 2.61. The SMILES string of the molecule is Cc1nc2c(c(N3CCc4ccccc43)n1)NC(=O)C(CC(C)C)N2. The molecule has 0 spiro atoms. The second-order valence-electron chi connectivity index (χ2n) is 7.16. The summed E-state index contributed by atoms with van der Waals surface area (Å²) in [6, 6.07) is 8.09. The molecule has 0 radical (unpaired) electrons. The van der Waals surface area contributed by atoms with Gasteiger partial charge in [0.15, 0.2) is 11.6 Å². The number of carbonyl (C=O) groups is 1. The Balaban J connectivity index is 1.75. The number of aryl methyl sites for hydroxylation is 1. The van der Waals surface area contributed by atoms with Crippen LogP contribution in [-0.4, -0.2) is 28.5 Å². The fourth-order valence-electron chi connectivity index (χ4n) is 3.61. The van der Waals surface area contributed by atoms with Gasteiger partial charge in [-0.2, -0.15) is 0 Å². The lowest BCUT2D eigenvalue weighted by atomic mass is 10.0. The number of hydrogen-bond acceptors (Lipinski definition) is 5. The second kappa shape index (κ2) is 6.02. The Morgan fingerprint density at radius 1 is 1.28 bits per heavy atom. The van der Waals surface area contributed by atoms with Crippen molar-refractivity contribution in [1.29, 1.82) is 0 Å². The molecule has 0 saturated carbocycles. The van der Waals surface area contributed by atoms with Gasteiger partial charge in [-0.25, -0.2) is 9.97 Å². The number of aromatic nitrogens is 2. The van der Waals surface area contributed by atoms with Gasteiger partial charge in [0.25, 0.3) is 0 Å². The normalized spacial score (nSPS) is 18.6. The van der Waals surface area contributed by atoms with Crippen molar-refractivity contribution in [2.75, 3.05) is 22.1 Å². The van der Waals surface area contributed by atoms with Gasteiger partial charge in [0.1, 0.15) is 17.6 Å². The molecule has 2 aliphatic rings. The number of para-hydroxylation sites is 1. The molecule has 6 heteroatoms. The number of carbonyl (C=O) groups excluding carboxylic acids is 1. The molecule has 0 fully saturated rings. The number of fused-ring (bicyclic) bond motifs is 2. The zero-order valence-electron chi connectivity index (χ0n) is 14.8. The number of anilines is 4. The zero-order valence-corrected chi connectivity index (χ0v) is 14.8. The van der Waals surface area contributed by atoms with Crippen molar-refractivity contribution in [2.45, 2.75) is 39.7 Å². The van der Waals surface area contributed by atoms with Gasteiger partial charge in [0, 0.05) is 12.2 Å². The number of amides is 1. The highest BCUT2D eigenvalue weighted by Crippen LogP contribution is 2.41. The molecule has 2 aliphatic heterocycles. The van der Waals surface area contributed by atoms with Gasteiger partial charge in [-0.3, -0.25) is 4.79 Å². The quantitative estimate of drug-likeness (QED) is 0.900. The number of hydrogen-bond donors (Lipinski definition) is 2. The topological polar surface area (TPSA) is 70.2 Å². The van der Waals surface area contributed by atoms with Crippen molar-refractivity contribution in [3.8, 4) is 0 Å². The van der Waals surface area contributed by atoms with E-state index in [1.165, 1.54) is 5.56 Å². The molecule has 1 unspecified atom stereocenters. The molecule has 1 aromatic heterocycles. The Morgan fingerprint density at radius 3 is 2.88 bits per heavy atom. The molecule has 0 aliphatic carbocycles. The number of benzene rings is 1. The molecule has 1 atom stereocenters. The van der Waals surface area contributed by atoms with Crippen LogP contribution in [0.25, 0.3) is 0 Å². The van der Waals surface area contributed by atoms with E-state index >= 15 is 0 Å². The maximum atomic E-state index is 12.5. The molecule has 6 nitrogen and oxygen atoms in total. The minimum absolute atomic E-state index is 0.0117. The van der Waals surface area contributed by atoms with Gasteiger partial charge in [-0.1, -0.05) is 32.0 Å². The summed E-state index contributed by atoms with van der Waals surface area (Å²) in [6.45, 7) is 6.97. The van der Waals surface area contributed by atoms with Crippen LogP contribution in [0, 0.1) is 12.8 Å². The molecule has 25 heavy (non-hydrogen) atoms. The van der Waals surface area contributed by atoms with Crippen LogP contribution in [0.3, 0.4) is 0 Å². The molecule has 4 rings (SSSR count).